The molecule has 0 aliphatic carbocycles. The topological polar surface area (TPSA) is 44.9 Å². The first-order valence-corrected chi connectivity index (χ1v) is 7.87. The molecule has 1 unspecified atom stereocenters. The Morgan fingerprint density at radius 3 is 2.38 bits per heavy atom. The van der Waals surface area contributed by atoms with Gasteiger partial charge in [-0.15, -0.1) is 0 Å². The highest BCUT2D eigenvalue weighted by atomic mass is 15.2. The second-order valence-electron chi connectivity index (χ2n) is 5.45. The second-order valence-corrected chi connectivity index (χ2v) is 5.45. The maximum absolute atomic E-state index is 5.99. The van der Waals surface area contributed by atoms with Crippen LogP contribution in [-0.4, -0.2) is 48.5 Å². The molecule has 1 aromatic carbocycles. The van der Waals surface area contributed by atoms with Crippen molar-refractivity contribution in [2.24, 2.45) is 10.7 Å². The molecule has 4 nitrogen and oxygen atoms in total. The Hall–Kier alpha value is -1.55. The second kappa shape index (κ2) is 9.40. The number of benzene rings is 1. The summed E-state index contributed by atoms with van der Waals surface area (Å²) in [7, 11) is 2.16. The zero-order valence-electron chi connectivity index (χ0n) is 13.9. The zero-order chi connectivity index (χ0) is 15.7. The van der Waals surface area contributed by atoms with E-state index in [0.717, 1.165) is 32.6 Å². The van der Waals surface area contributed by atoms with Gasteiger partial charge in [-0.05, 0) is 39.8 Å². The molecule has 0 amide bonds. The van der Waals surface area contributed by atoms with Gasteiger partial charge in [0.2, 0.25) is 0 Å². The molecule has 0 saturated heterocycles. The number of guanidine groups is 1. The van der Waals surface area contributed by atoms with Gasteiger partial charge in [-0.2, -0.15) is 0 Å². The molecule has 0 aliphatic rings. The molecule has 1 aromatic rings. The third kappa shape index (κ3) is 6.17. The van der Waals surface area contributed by atoms with Crippen molar-refractivity contribution in [2.75, 3.05) is 26.7 Å². The molecule has 118 valence electrons. The summed E-state index contributed by atoms with van der Waals surface area (Å²) >= 11 is 0. The molecule has 0 aliphatic heterocycles. The van der Waals surface area contributed by atoms with Crippen molar-refractivity contribution >= 4 is 5.96 Å². The van der Waals surface area contributed by atoms with Gasteiger partial charge in [0, 0.05) is 32.2 Å². The van der Waals surface area contributed by atoms with Crippen molar-refractivity contribution in [3.05, 3.63) is 35.9 Å². The number of rotatable bonds is 8. The average Bonchev–Trinajstić information content (AvgIpc) is 2.49. The number of nitrogens with zero attached hydrogens (tertiary/aromatic N) is 3. The Labute approximate surface area is 129 Å². The molecule has 0 spiro atoms. The number of aliphatic imine (C=N–C) groups is 1. The maximum atomic E-state index is 5.99. The first-order valence-electron chi connectivity index (χ1n) is 7.87. The standard InChI is InChI=1S/C17H30N4/c1-5-21(6-2)17(18)19-13-12-15(3)20(4)14-16-10-8-7-9-11-16/h7-11,15H,5-6,12-14H2,1-4H3,(H2,18,19). The molecule has 2 N–H and O–H groups in total. The van der Waals surface area contributed by atoms with Crippen LogP contribution in [0.1, 0.15) is 32.8 Å². The molecule has 4 heteroatoms. The summed E-state index contributed by atoms with van der Waals surface area (Å²) in [5.74, 6) is 0.665. The van der Waals surface area contributed by atoms with Crippen LogP contribution in [0.2, 0.25) is 0 Å². The lowest BCUT2D eigenvalue weighted by atomic mass is 10.1. The van der Waals surface area contributed by atoms with Gasteiger partial charge < -0.3 is 10.6 Å². The van der Waals surface area contributed by atoms with Gasteiger partial charge in [0.25, 0.3) is 0 Å². The molecule has 0 bridgehead atoms. The van der Waals surface area contributed by atoms with E-state index in [0.29, 0.717) is 12.0 Å². The van der Waals surface area contributed by atoms with Crippen LogP contribution in [-0.2, 0) is 6.54 Å². The molecule has 0 radical (unpaired) electrons. The number of hydrogen-bond donors (Lipinski definition) is 1. The van der Waals surface area contributed by atoms with Crippen LogP contribution in [0.25, 0.3) is 0 Å². The predicted molar refractivity (Wildman–Crippen MR) is 91.4 cm³/mol. The summed E-state index contributed by atoms with van der Waals surface area (Å²) in [5, 5.41) is 0. The van der Waals surface area contributed by atoms with Crippen LogP contribution < -0.4 is 5.73 Å². The van der Waals surface area contributed by atoms with Crippen molar-refractivity contribution in [1.82, 2.24) is 9.80 Å². The maximum Gasteiger partial charge on any atom is 0.191 e. The minimum Gasteiger partial charge on any atom is -0.370 e. The predicted octanol–water partition coefficient (Wildman–Crippen LogP) is 2.55. The summed E-state index contributed by atoms with van der Waals surface area (Å²) in [6.45, 7) is 10.0. The van der Waals surface area contributed by atoms with Crippen molar-refractivity contribution in [1.29, 1.82) is 0 Å². The largest absolute Gasteiger partial charge is 0.370 e. The Kier molecular flexibility index (Phi) is 7.83. The lowest BCUT2D eigenvalue weighted by Crippen LogP contribution is -2.37. The highest BCUT2D eigenvalue weighted by Crippen LogP contribution is 2.08. The van der Waals surface area contributed by atoms with Gasteiger partial charge >= 0.3 is 0 Å². The summed E-state index contributed by atoms with van der Waals surface area (Å²) in [6.07, 6.45) is 1.02. The molecular formula is C17H30N4. The van der Waals surface area contributed by atoms with Gasteiger partial charge in [0.1, 0.15) is 0 Å². The third-order valence-corrected chi connectivity index (χ3v) is 3.94. The van der Waals surface area contributed by atoms with E-state index >= 15 is 0 Å². The average molecular weight is 290 g/mol. The number of hydrogen-bond acceptors (Lipinski definition) is 2. The number of nitrogens with two attached hydrogens (primary N) is 1. The Balaban J connectivity index is 2.39. The van der Waals surface area contributed by atoms with Gasteiger partial charge in [0.05, 0.1) is 0 Å². The van der Waals surface area contributed by atoms with E-state index in [9.17, 15) is 0 Å². The fourth-order valence-electron chi connectivity index (χ4n) is 2.26. The minimum absolute atomic E-state index is 0.485. The lowest BCUT2D eigenvalue weighted by molar-refractivity contribution is 0.240. The quantitative estimate of drug-likeness (QED) is 0.591. The van der Waals surface area contributed by atoms with E-state index in [4.69, 9.17) is 5.73 Å². The zero-order valence-corrected chi connectivity index (χ0v) is 13.9. The molecular weight excluding hydrogens is 260 g/mol. The molecule has 0 saturated carbocycles. The van der Waals surface area contributed by atoms with Crippen molar-refractivity contribution in [3.8, 4) is 0 Å². The highest BCUT2D eigenvalue weighted by molar-refractivity contribution is 5.77. The third-order valence-electron chi connectivity index (χ3n) is 3.94. The Bertz CT molecular complexity index is 412. The monoisotopic (exact) mass is 290 g/mol. The normalized spacial score (nSPS) is 13.5. The smallest absolute Gasteiger partial charge is 0.191 e. The molecule has 0 fully saturated rings. The van der Waals surface area contributed by atoms with E-state index in [2.05, 4.69) is 72.9 Å². The van der Waals surface area contributed by atoms with Crippen LogP contribution in [0, 0.1) is 0 Å². The first-order chi connectivity index (χ1) is 10.1. The van der Waals surface area contributed by atoms with Gasteiger partial charge in [0.15, 0.2) is 5.96 Å². The van der Waals surface area contributed by atoms with E-state index in [1.54, 1.807) is 0 Å². The van der Waals surface area contributed by atoms with Crippen molar-refractivity contribution < 1.29 is 0 Å². The highest BCUT2D eigenvalue weighted by Gasteiger charge is 2.09. The Morgan fingerprint density at radius 1 is 1.19 bits per heavy atom. The molecule has 1 rings (SSSR count). The van der Waals surface area contributed by atoms with Gasteiger partial charge in [-0.3, -0.25) is 9.89 Å². The molecule has 0 aromatic heterocycles. The van der Waals surface area contributed by atoms with E-state index in [1.807, 2.05) is 0 Å². The fraction of sp³-hybridized carbons (Fsp3) is 0.588. The van der Waals surface area contributed by atoms with Crippen LogP contribution >= 0.6 is 0 Å². The van der Waals surface area contributed by atoms with E-state index < -0.39 is 0 Å². The first kappa shape index (κ1) is 17.5. The molecule has 1 atom stereocenters. The van der Waals surface area contributed by atoms with Crippen LogP contribution in [0.4, 0.5) is 0 Å². The van der Waals surface area contributed by atoms with E-state index in [1.165, 1.54) is 5.56 Å². The molecule has 21 heavy (non-hydrogen) atoms. The fourth-order valence-corrected chi connectivity index (χ4v) is 2.26. The lowest BCUT2D eigenvalue weighted by Gasteiger charge is -2.24. The Morgan fingerprint density at radius 2 is 1.81 bits per heavy atom. The van der Waals surface area contributed by atoms with E-state index in [-0.39, 0.29) is 0 Å². The van der Waals surface area contributed by atoms with Gasteiger partial charge in [-0.1, -0.05) is 30.3 Å². The van der Waals surface area contributed by atoms with Crippen LogP contribution in [0.5, 0.6) is 0 Å². The summed E-state index contributed by atoms with van der Waals surface area (Å²) in [5.41, 5.74) is 7.33. The van der Waals surface area contributed by atoms with Gasteiger partial charge in [-0.25, -0.2) is 0 Å². The molecule has 0 heterocycles. The summed E-state index contributed by atoms with van der Waals surface area (Å²) in [6, 6.07) is 11.0. The summed E-state index contributed by atoms with van der Waals surface area (Å²) < 4.78 is 0. The van der Waals surface area contributed by atoms with Crippen molar-refractivity contribution in [3.63, 3.8) is 0 Å². The SMILES string of the molecule is CCN(CC)C(N)=NCCC(C)N(C)Cc1ccccc1. The van der Waals surface area contributed by atoms with Crippen molar-refractivity contribution in [2.45, 2.75) is 39.8 Å². The van der Waals surface area contributed by atoms with Crippen LogP contribution in [0.3, 0.4) is 0 Å². The van der Waals surface area contributed by atoms with Crippen LogP contribution in [0.15, 0.2) is 35.3 Å². The summed E-state index contributed by atoms with van der Waals surface area (Å²) in [4.78, 5) is 8.93. The minimum atomic E-state index is 0.485.